The Bertz CT molecular complexity index is 919. The molecule has 0 unspecified atom stereocenters. The van der Waals surface area contributed by atoms with E-state index in [1.165, 1.54) is 6.07 Å². The molecule has 7 nitrogen and oxygen atoms in total. The zero-order chi connectivity index (χ0) is 21.5. The lowest BCUT2D eigenvalue weighted by Gasteiger charge is -2.21. The molecule has 0 spiro atoms. The number of benzene rings is 2. The van der Waals surface area contributed by atoms with E-state index < -0.39 is 0 Å². The van der Waals surface area contributed by atoms with Gasteiger partial charge in [-0.15, -0.1) is 0 Å². The maximum Gasteiger partial charge on any atom is 0.238 e. The molecule has 0 saturated carbocycles. The van der Waals surface area contributed by atoms with Crippen LogP contribution in [0.3, 0.4) is 0 Å². The topological polar surface area (TPSA) is 79.9 Å². The summed E-state index contributed by atoms with van der Waals surface area (Å²) in [4.78, 5) is 26.4. The van der Waals surface area contributed by atoms with E-state index in [0.717, 1.165) is 5.56 Å². The van der Waals surface area contributed by atoms with Gasteiger partial charge in [-0.1, -0.05) is 19.1 Å². The zero-order valence-electron chi connectivity index (χ0n) is 17.2. The minimum Gasteiger partial charge on any atom is -0.486 e. The summed E-state index contributed by atoms with van der Waals surface area (Å²) >= 11 is 0. The number of aryl methyl sites for hydroxylation is 1. The van der Waals surface area contributed by atoms with Crippen molar-refractivity contribution in [1.29, 1.82) is 0 Å². The lowest BCUT2D eigenvalue weighted by molar-refractivity contribution is -0.123. The Labute approximate surface area is 175 Å². The summed E-state index contributed by atoms with van der Waals surface area (Å²) < 4.78 is 24.3. The zero-order valence-corrected chi connectivity index (χ0v) is 17.2. The van der Waals surface area contributed by atoms with Gasteiger partial charge in [0.2, 0.25) is 11.8 Å². The largest absolute Gasteiger partial charge is 0.486 e. The number of anilines is 1. The van der Waals surface area contributed by atoms with E-state index >= 15 is 0 Å². The Balaban J connectivity index is 1.47. The first-order valence-corrected chi connectivity index (χ1v) is 9.88. The maximum absolute atomic E-state index is 13.3. The average molecular weight is 415 g/mol. The molecule has 0 aromatic heterocycles. The van der Waals surface area contributed by atoms with Crippen molar-refractivity contribution in [3.05, 3.63) is 53.3 Å². The Morgan fingerprint density at radius 3 is 2.50 bits per heavy atom. The monoisotopic (exact) mass is 415 g/mol. The van der Waals surface area contributed by atoms with Gasteiger partial charge in [0.25, 0.3) is 0 Å². The number of amides is 2. The van der Waals surface area contributed by atoms with Gasteiger partial charge in [-0.3, -0.25) is 14.5 Å². The highest BCUT2D eigenvalue weighted by atomic mass is 19.1. The summed E-state index contributed by atoms with van der Waals surface area (Å²) in [5, 5.41) is 5.62. The second kappa shape index (κ2) is 10.1. The van der Waals surface area contributed by atoms with Crippen molar-refractivity contribution in [2.45, 2.75) is 20.4 Å². The molecule has 160 valence electrons. The van der Waals surface area contributed by atoms with E-state index in [4.69, 9.17) is 9.47 Å². The molecule has 0 saturated heterocycles. The normalized spacial score (nSPS) is 12.5. The van der Waals surface area contributed by atoms with Crippen molar-refractivity contribution in [2.75, 3.05) is 38.2 Å². The van der Waals surface area contributed by atoms with Crippen molar-refractivity contribution in [1.82, 2.24) is 10.2 Å². The Morgan fingerprint density at radius 1 is 1.03 bits per heavy atom. The van der Waals surface area contributed by atoms with E-state index in [2.05, 4.69) is 10.6 Å². The van der Waals surface area contributed by atoms with E-state index in [9.17, 15) is 14.0 Å². The molecule has 2 N–H and O–H groups in total. The Hall–Kier alpha value is -3.13. The lowest BCUT2D eigenvalue weighted by atomic mass is 10.1. The van der Waals surface area contributed by atoms with Gasteiger partial charge in [-0.05, 0) is 42.8 Å². The van der Waals surface area contributed by atoms with Crippen molar-refractivity contribution < 1.29 is 23.5 Å². The standard InChI is InChI=1S/C22H26FN3O4/c1-3-26(13-21(27)24-12-16-4-6-18(23)15(2)10-16)14-22(28)25-17-5-7-19-20(11-17)30-9-8-29-19/h4-7,10-11H,3,8-9,12-14H2,1-2H3,(H,24,27)(H,25,28). The summed E-state index contributed by atoms with van der Waals surface area (Å²) in [6, 6.07) is 9.96. The number of carbonyl (C=O) groups is 2. The first kappa shape index (κ1) is 21.6. The van der Waals surface area contributed by atoms with Crippen molar-refractivity contribution >= 4 is 17.5 Å². The molecule has 0 bridgehead atoms. The number of ether oxygens (including phenoxy) is 2. The summed E-state index contributed by atoms with van der Waals surface area (Å²) in [5.41, 5.74) is 1.96. The van der Waals surface area contributed by atoms with Gasteiger partial charge < -0.3 is 20.1 Å². The number of fused-ring (bicyclic) bond motifs is 1. The van der Waals surface area contributed by atoms with Crippen LogP contribution in [0.1, 0.15) is 18.1 Å². The van der Waals surface area contributed by atoms with Gasteiger partial charge in [-0.2, -0.15) is 0 Å². The molecule has 0 radical (unpaired) electrons. The third kappa shape index (κ3) is 5.93. The third-order valence-corrected chi connectivity index (χ3v) is 4.72. The van der Waals surface area contributed by atoms with Crippen LogP contribution in [0.4, 0.5) is 10.1 Å². The number of nitrogens with one attached hydrogen (secondary N) is 2. The third-order valence-electron chi connectivity index (χ3n) is 4.72. The number of hydrogen-bond donors (Lipinski definition) is 2. The van der Waals surface area contributed by atoms with E-state index in [1.54, 1.807) is 42.2 Å². The second-order valence-electron chi connectivity index (χ2n) is 7.07. The smallest absolute Gasteiger partial charge is 0.238 e. The van der Waals surface area contributed by atoms with Gasteiger partial charge in [0.15, 0.2) is 11.5 Å². The van der Waals surface area contributed by atoms with Crippen LogP contribution < -0.4 is 20.1 Å². The lowest BCUT2D eigenvalue weighted by Crippen LogP contribution is -2.40. The summed E-state index contributed by atoms with van der Waals surface area (Å²) in [5.74, 6) is 0.553. The van der Waals surface area contributed by atoms with Crippen LogP contribution in [0.25, 0.3) is 0 Å². The summed E-state index contributed by atoms with van der Waals surface area (Å²) in [7, 11) is 0. The highest BCUT2D eigenvalue weighted by molar-refractivity contribution is 5.93. The highest BCUT2D eigenvalue weighted by Gasteiger charge is 2.16. The quantitative estimate of drug-likeness (QED) is 0.693. The number of hydrogen-bond acceptors (Lipinski definition) is 5. The van der Waals surface area contributed by atoms with Crippen molar-refractivity contribution in [3.8, 4) is 11.5 Å². The molecular weight excluding hydrogens is 389 g/mol. The van der Waals surface area contributed by atoms with E-state index in [-0.39, 0.29) is 30.7 Å². The second-order valence-corrected chi connectivity index (χ2v) is 7.07. The molecule has 30 heavy (non-hydrogen) atoms. The molecule has 0 fully saturated rings. The fourth-order valence-electron chi connectivity index (χ4n) is 3.08. The number of nitrogens with zero attached hydrogens (tertiary/aromatic N) is 1. The minimum atomic E-state index is -0.272. The molecule has 1 aliphatic rings. The molecular formula is C22H26FN3O4. The van der Waals surface area contributed by atoms with E-state index in [1.807, 2.05) is 6.92 Å². The maximum atomic E-state index is 13.3. The van der Waals surface area contributed by atoms with Gasteiger partial charge in [0.1, 0.15) is 19.0 Å². The SMILES string of the molecule is CCN(CC(=O)NCc1ccc(F)c(C)c1)CC(=O)Nc1ccc2c(c1)OCCO2. The summed E-state index contributed by atoms with van der Waals surface area (Å²) in [6.07, 6.45) is 0. The molecule has 3 rings (SSSR count). The molecule has 0 aliphatic carbocycles. The Kier molecular flexibility index (Phi) is 7.24. The molecule has 1 heterocycles. The van der Waals surface area contributed by atoms with E-state index in [0.29, 0.717) is 49.1 Å². The van der Waals surface area contributed by atoms with Gasteiger partial charge in [0, 0.05) is 18.3 Å². The van der Waals surface area contributed by atoms with Crippen molar-refractivity contribution in [3.63, 3.8) is 0 Å². The predicted molar refractivity (Wildman–Crippen MR) is 111 cm³/mol. The first-order valence-electron chi connectivity index (χ1n) is 9.88. The van der Waals surface area contributed by atoms with Crippen LogP contribution in [-0.4, -0.2) is 49.6 Å². The van der Waals surface area contributed by atoms with Crippen LogP contribution in [0, 0.1) is 12.7 Å². The molecule has 2 amide bonds. The molecule has 8 heteroatoms. The van der Waals surface area contributed by atoms with Crippen LogP contribution >= 0.6 is 0 Å². The van der Waals surface area contributed by atoms with Gasteiger partial charge >= 0.3 is 0 Å². The number of rotatable bonds is 8. The molecule has 2 aromatic rings. The molecule has 0 atom stereocenters. The van der Waals surface area contributed by atoms with Crippen LogP contribution in [0.2, 0.25) is 0 Å². The molecule has 1 aliphatic heterocycles. The fourth-order valence-corrected chi connectivity index (χ4v) is 3.08. The predicted octanol–water partition coefficient (Wildman–Crippen LogP) is 2.48. The van der Waals surface area contributed by atoms with Gasteiger partial charge in [-0.25, -0.2) is 4.39 Å². The van der Waals surface area contributed by atoms with Crippen LogP contribution in [0.5, 0.6) is 11.5 Å². The number of likely N-dealkylation sites (N-methyl/N-ethyl adjacent to an activating group) is 1. The summed E-state index contributed by atoms with van der Waals surface area (Å²) in [6.45, 7) is 5.55. The van der Waals surface area contributed by atoms with Gasteiger partial charge in [0.05, 0.1) is 13.1 Å². The highest BCUT2D eigenvalue weighted by Crippen LogP contribution is 2.32. The fraction of sp³-hybridized carbons (Fsp3) is 0.364. The van der Waals surface area contributed by atoms with Crippen molar-refractivity contribution in [2.24, 2.45) is 0 Å². The number of halogens is 1. The molecule has 2 aromatic carbocycles. The van der Waals surface area contributed by atoms with Crippen LogP contribution in [-0.2, 0) is 16.1 Å². The average Bonchev–Trinajstić information content (AvgIpc) is 2.74. The van der Waals surface area contributed by atoms with Crippen LogP contribution in [0.15, 0.2) is 36.4 Å². The number of carbonyl (C=O) groups excluding carboxylic acids is 2. The Morgan fingerprint density at radius 2 is 1.77 bits per heavy atom. The first-order chi connectivity index (χ1) is 14.4. The minimum absolute atomic E-state index is 0.0774.